The monoisotopic (exact) mass is 550 g/mol. The van der Waals surface area contributed by atoms with Gasteiger partial charge in [0.25, 0.3) is 0 Å². The van der Waals surface area contributed by atoms with E-state index in [0.29, 0.717) is 15.3 Å². The fraction of sp³-hybridized carbons (Fsp3) is 0.185. The summed E-state index contributed by atoms with van der Waals surface area (Å²) < 4.78 is 20.6. The number of nitrogens with zero attached hydrogens (tertiary/aromatic N) is 2. The van der Waals surface area contributed by atoms with E-state index < -0.39 is 0 Å². The van der Waals surface area contributed by atoms with Crippen molar-refractivity contribution in [2.75, 3.05) is 18.4 Å². The van der Waals surface area contributed by atoms with Gasteiger partial charge in [-0.1, -0.05) is 24.3 Å². The maximum atomic E-state index is 13.6. The first-order valence-corrected chi connectivity index (χ1v) is 12.6. The van der Waals surface area contributed by atoms with Crippen LogP contribution in [0.1, 0.15) is 30.0 Å². The average Bonchev–Trinajstić information content (AvgIpc) is 3.47. The van der Waals surface area contributed by atoms with Gasteiger partial charge in [0.1, 0.15) is 23.4 Å². The van der Waals surface area contributed by atoms with Crippen LogP contribution in [0.25, 0.3) is 11.3 Å². The molecule has 2 aromatic carbocycles. The number of thiocarbonyl (C=S) groups is 1. The molecule has 3 heterocycles. The SMILES string of the molecule is Fc1ccc(-c2ccc([C@H]3[C@H](c4ccccn4)NC(=S)N3CCCNc3ccccc3)o2)c(Br)c1. The predicted molar refractivity (Wildman–Crippen MR) is 144 cm³/mol. The van der Waals surface area contributed by atoms with Crippen LogP contribution in [0.15, 0.2) is 93.9 Å². The van der Waals surface area contributed by atoms with Gasteiger partial charge in [0.15, 0.2) is 5.11 Å². The van der Waals surface area contributed by atoms with Crippen LogP contribution in [0.2, 0.25) is 0 Å². The van der Waals surface area contributed by atoms with Gasteiger partial charge in [0.2, 0.25) is 0 Å². The van der Waals surface area contributed by atoms with Crippen LogP contribution in [-0.2, 0) is 0 Å². The quantitative estimate of drug-likeness (QED) is 0.187. The van der Waals surface area contributed by atoms with E-state index in [1.54, 1.807) is 12.3 Å². The molecule has 178 valence electrons. The van der Waals surface area contributed by atoms with Crippen molar-refractivity contribution in [2.24, 2.45) is 0 Å². The number of para-hydroxylation sites is 1. The molecular formula is C27H24BrFN4OS. The summed E-state index contributed by atoms with van der Waals surface area (Å²) >= 11 is 9.20. The molecule has 0 bridgehead atoms. The molecule has 2 aromatic heterocycles. The zero-order valence-electron chi connectivity index (χ0n) is 18.8. The van der Waals surface area contributed by atoms with Gasteiger partial charge in [-0.15, -0.1) is 0 Å². The van der Waals surface area contributed by atoms with Crippen molar-refractivity contribution in [2.45, 2.75) is 18.5 Å². The second kappa shape index (κ2) is 10.6. The van der Waals surface area contributed by atoms with Crippen molar-refractivity contribution in [3.8, 4) is 11.3 Å². The van der Waals surface area contributed by atoms with E-state index in [4.69, 9.17) is 16.6 Å². The second-order valence-corrected chi connectivity index (χ2v) is 9.53. The number of halogens is 2. The third-order valence-electron chi connectivity index (χ3n) is 5.99. The second-order valence-electron chi connectivity index (χ2n) is 8.29. The highest BCUT2D eigenvalue weighted by Gasteiger charge is 2.41. The summed E-state index contributed by atoms with van der Waals surface area (Å²) in [5, 5.41) is 7.58. The molecule has 8 heteroatoms. The van der Waals surface area contributed by atoms with Crippen LogP contribution in [0.3, 0.4) is 0 Å². The fourth-order valence-electron chi connectivity index (χ4n) is 4.34. The molecule has 0 aliphatic carbocycles. The van der Waals surface area contributed by atoms with Gasteiger partial charge in [0.05, 0.1) is 11.7 Å². The summed E-state index contributed by atoms with van der Waals surface area (Å²) in [6.07, 6.45) is 2.67. The van der Waals surface area contributed by atoms with Gasteiger partial charge in [-0.3, -0.25) is 4.98 Å². The number of furan rings is 1. The van der Waals surface area contributed by atoms with Crippen LogP contribution in [0, 0.1) is 5.82 Å². The minimum atomic E-state index is -0.303. The van der Waals surface area contributed by atoms with Crippen molar-refractivity contribution in [1.29, 1.82) is 0 Å². The van der Waals surface area contributed by atoms with Crippen LogP contribution in [-0.4, -0.2) is 28.1 Å². The number of rotatable bonds is 8. The highest BCUT2D eigenvalue weighted by molar-refractivity contribution is 9.10. The van der Waals surface area contributed by atoms with E-state index >= 15 is 0 Å². The first-order valence-electron chi connectivity index (χ1n) is 11.4. The largest absolute Gasteiger partial charge is 0.459 e. The van der Waals surface area contributed by atoms with Gasteiger partial charge >= 0.3 is 0 Å². The molecule has 2 atom stereocenters. The molecule has 1 aliphatic heterocycles. The van der Waals surface area contributed by atoms with Crippen LogP contribution in [0.5, 0.6) is 0 Å². The average molecular weight is 551 g/mol. The molecule has 5 nitrogen and oxygen atoms in total. The first kappa shape index (κ1) is 23.5. The lowest BCUT2D eigenvalue weighted by Gasteiger charge is -2.26. The zero-order chi connectivity index (χ0) is 24.2. The highest BCUT2D eigenvalue weighted by atomic mass is 79.9. The Balaban J connectivity index is 1.39. The topological polar surface area (TPSA) is 53.3 Å². The smallest absolute Gasteiger partial charge is 0.170 e. The van der Waals surface area contributed by atoms with E-state index in [1.807, 2.05) is 48.5 Å². The summed E-state index contributed by atoms with van der Waals surface area (Å²) in [4.78, 5) is 6.75. The van der Waals surface area contributed by atoms with E-state index in [-0.39, 0.29) is 17.9 Å². The van der Waals surface area contributed by atoms with Crippen LogP contribution in [0.4, 0.5) is 10.1 Å². The minimum absolute atomic E-state index is 0.151. The Morgan fingerprint density at radius 1 is 1.06 bits per heavy atom. The number of hydrogen-bond donors (Lipinski definition) is 2. The summed E-state index contributed by atoms with van der Waals surface area (Å²) in [7, 11) is 0. The summed E-state index contributed by atoms with van der Waals surface area (Å²) in [5.74, 6) is 1.13. The molecular weight excluding hydrogens is 527 g/mol. The Hall–Kier alpha value is -3.23. The Morgan fingerprint density at radius 2 is 1.89 bits per heavy atom. The normalized spacial score (nSPS) is 17.4. The molecule has 1 saturated heterocycles. The van der Waals surface area contributed by atoms with E-state index in [0.717, 1.165) is 42.2 Å². The number of nitrogens with one attached hydrogen (secondary N) is 2. The molecule has 35 heavy (non-hydrogen) atoms. The zero-order valence-corrected chi connectivity index (χ0v) is 21.2. The summed E-state index contributed by atoms with van der Waals surface area (Å²) in [6.45, 7) is 1.56. The van der Waals surface area contributed by atoms with Gasteiger partial charge in [0, 0.05) is 35.0 Å². The van der Waals surface area contributed by atoms with Crippen LogP contribution >= 0.6 is 28.1 Å². The van der Waals surface area contributed by atoms with Gasteiger partial charge < -0.3 is 20.0 Å². The number of benzene rings is 2. The standard InChI is InChI=1S/C27H24BrFN4OS/c28-21-17-18(29)10-11-20(21)23-12-13-24(34-23)26-25(22-9-4-5-14-31-22)32-27(35)33(26)16-6-15-30-19-7-2-1-3-8-19/h1-5,7-14,17,25-26,30H,6,15-16H2,(H,32,35)/t25-,26-/m0/s1. The van der Waals surface area contributed by atoms with Gasteiger partial charge in [-0.2, -0.15) is 0 Å². The molecule has 0 saturated carbocycles. The summed E-state index contributed by atoms with van der Waals surface area (Å²) in [6, 6.07) is 24.2. The Kier molecular flexibility index (Phi) is 7.11. The lowest BCUT2D eigenvalue weighted by molar-refractivity contribution is 0.274. The maximum absolute atomic E-state index is 13.6. The molecule has 5 rings (SSSR count). The molecule has 0 spiro atoms. The van der Waals surface area contributed by atoms with Crippen molar-refractivity contribution in [1.82, 2.24) is 15.2 Å². The number of anilines is 1. The lowest BCUT2D eigenvalue weighted by Crippen LogP contribution is -2.31. The van der Waals surface area contributed by atoms with E-state index in [9.17, 15) is 4.39 Å². The minimum Gasteiger partial charge on any atom is -0.459 e. The first-order chi connectivity index (χ1) is 17.1. The third kappa shape index (κ3) is 5.23. The Bertz CT molecular complexity index is 1300. The molecule has 1 fully saturated rings. The Labute approximate surface area is 217 Å². The fourth-order valence-corrected chi connectivity index (χ4v) is 5.22. The molecule has 4 aromatic rings. The van der Waals surface area contributed by atoms with Crippen molar-refractivity contribution in [3.05, 3.63) is 107 Å². The third-order valence-corrected chi connectivity index (χ3v) is 7.00. The van der Waals surface area contributed by atoms with Crippen molar-refractivity contribution < 1.29 is 8.81 Å². The van der Waals surface area contributed by atoms with Crippen molar-refractivity contribution >= 4 is 38.9 Å². The van der Waals surface area contributed by atoms with Crippen molar-refractivity contribution in [3.63, 3.8) is 0 Å². The van der Waals surface area contributed by atoms with E-state index in [1.165, 1.54) is 12.1 Å². The highest BCUT2D eigenvalue weighted by Crippen LogP contribution is 2.41. The Morgan fingerprint density at radius 3 is 2.66 bits per heavy atom. The molecule has 0 unspecified atom stereocenters. The lowest BCUT2D eigenvalue weighted by atomic mass is 10.0. The van der Waals surface area contributed by atoms with E-state index in [2.05, 4.69) is 48.6 Å². The number of aromatic nitrogens is 1. The number of pyridine rings is 1. The molecule has 2 N–H and O–H groups in total. The maximum Gasteiger partial charge on any atom is 0.170 e. The summed E-state index contributed by atoms with van der Waals surface area (Å²) in [5.41, 5.74) is 2.78. The van der Waals surface area contributed by atoms with Gasteiger partial charge in [-0.05, 0) is 89.2 Å². The predicted octanol–water partition coefficient (Wildman–Crippen LogP) is 6.72. The van der Waals surface area contributed by atoms with Gasteiger partial charge in [-0.25, -0.2) is 4.39 Å². The molecule has 0 amide bonds. The molecule has 1 aliphatic rings. The van der Waals surface area contributed by atoms with Crippen LogP contribution < -0.4 is 10.6 Å². The molecule has 0 radical (unpaired) electrons. The number of hydrogen-bond acceptors (Lipinski definition) is 4.